The summed E-state index contributed by atoms with van der Waals surface area (Å²) in [6, 6.07) is 18.1. The number of carbonyl (C=O) groups is 4. The molecule has 248 valence electrons. The van der Waals surface area contributed by atoms with Crippen LogP contribution in [0.2, 0.25) is 0 Å². The van der Waals surface area contributed by atoms with Gasteiger partial charge < -0.3 is 34.3 Å². The van der Waals surface area contributed by atoms with Gasteiger partial charge in [0.15, 0.2) is 0 Å². The molecule has 3 aromatic rings. The van der Waals surface area contributed by atoms with Gasteiger partial charge in [0.2, 0.25) is 5.91 Å². The van der Waals surface area contributed by atoms with E-state index in [9.17, 15) is 24.3 Å². The van der Waals surface area contributed by atoms with Crippen molar-refractivity contribution < 1.29 is 43.2 Å². The minimum atomic E-state index is -1.48. The largest absolute Gasteiger partial charge is 0.497 e. The number of ether oxygens (including phenoxy) is 4. The molecule has 1 unspecified atom stereocenters. The molecule has 1 fully saturated rings. The van der Waals surface area contributed by atoms with E-state index < -0.39 is 53.4 Å². The first-order valence-electron chi connectivity index (χ1n) is 15.1. The molecule has 1 saturated heterocycles. The van der Waals surface area contributed by atoms with Crippen molar-refractivity contribution in [2.75, 3.05) is 26.6 Å². The van der Waals surface area contributed by atoms with Gasteiger partial charge in [0.25, 0.3) is 0 Å². The monoisotopic (exact) mass is 662 g/mol. The third-order valence-corrected chi connectivity index (χ3v) is 9.28. The van der Waals surface area contributed by atoms with Gasteiger partial charge in [-0.15, -0.1) is 11.8 Å². The highest BCUT2D eigenvalue weighted by atomic mass is 32.2. The number of carboxylic acids is 1. The van der Waals surface area contributed by atoms with Gasteiger partial charge in [0.05, 0.1) is 20.6 Å². The molecule has 0 saturated carbocycles. The number of nitrogens with zero attached hydrogens (tertiary/aromatic N) is 1. The molecule has 1 aliphatic carbocycles. The van der Waals surface area contributed by atoms with Crippen LogP contribution in [-0.2, 0) is 23.9 Å². The lowest BCUT2D eigenvalue weighted by atomic mass is 9.98. The number of amides is 2. The van der Waals surface area contributed by atoms with E-state index in [-0.39, 0.29) is 18.3 Å². The third-order valence-electron chi connectivity index (χ3n) is 7.97. The average Bonchev–Trinajstić information content (AvgIpc) is 3.62. The molecule has 11 nitrogen and oxygen atoms in total. The highest BCUT2D eigenvalue weighted by Gasteiger charge is 2.46. The van der Waals surface area contributed by atoms with Gasteiger partial charge in [0.1, 0.15) is 41.2 Å². The van der Waals surface area contributed by atoms with Crippen molar-refractivity contribution in [2.45, 2.75) is 56.2 Å². The third kappa shape index (κ3) is 7.32. The summed E-state index contributed by atoms with van der Waals surface area (Å²) in [5.41, 5.74) is 3.81. The zero-order valence-electron chi connectivity index (χ0n) is 26.9. The first kappa shape index (κ1) is 33.6. The van der Waals surface area contributed by atoms with Crippen LogP contribution in [0.5, 0.6) is 11.5 Å². The summed E-state index contributed by atoms with van der Waals surface area (Å²) in [5.74, 6) is -1.99. The number of carbonyl (C=O) groups excluding carboxylic acids is 3. The minimum Gasteiger partial charge on any atom is -0.497 e. The molecule has 5 rings (SSSR count). The first-order valence-corrected chi connectivity index (χ1v) is 16.2. The summed E-state index contributed by atoms with van der Waals surface area (Å²) in [7, 11) is 2.97. The Bertz CT molecular complexity index is 1630. The van der Waals surface area contributed by atoms with E-state index in [1.54, 1.807) is 39.0 Å². The Labute approximate surface area is 277 Å². The fourth-order valence-corrected chi connectivity index (χ4v) is 7.39. The van der Waals surface area contributed by atoms with E-state index in [1.807, 2.05) is 48.5 Å². The molecule has 12 heteroatoms. The van der Waals surface area contributed by atoms with E-state index in [2.05, 4.69) is 5.32 Å². The van der Waals surface area contributed by atoms with Crippen molar-refractivity contribution >= 4 is 35.7 Å². The number of aliphatic carboxylic acids is 1. The highest BCUT2D eigenvalue weighted by molar-refractivity contribution is 7.99. The molecule has 2 aliphatic rings. The molecule has 3 aromatic carbocycles. The predicted molar refractivity (Wildman–Crippen MR) is 175 cm³/mol. The van der Waals surface area contributed by atoms with Gasteiger partial charge >= 0.3 is 18.0 Å². The van der Waals surface area contributed by atoms with Crippen molar-refractivity contribution in [3.63, 3.8) is 0 Å². The maximum atomic E-state index is 14.3. The molecule has 1 aliphatic heterocycles. The van der Waals surface area contributed by atoms with Crippen LogP contribution in [0.25, 0.3) is 11.1 Å². The molecule has 0 spiro atoms. The SMILES string of the molecule is COc1ccc(C2SC[C@@H](C(=O)O)N2C(=O)[C@H](CC(=O)OC(C)(C)C)NC(=O)OCC2c3ccccc3-c3ccccc32)c(OC)c1. The second-order valence-corrected chi connectivity index (χ2v) is 13.3. The molecular formula is C35H38N2O9S. The summed E-state index contributed by atoms with van der Waals surface area (Å²) in [5, 5.41) is 11.9. The van der Waals surface area contributed by atoms with E-state index in [1.165, 1.54) is 30.9 Å². The Morgan fingerprint density at radius 3 is 2.15 bits per heavy atom. The Kier molecular flexibility index (Phi) is 9.99. The molecular weight excluding hydrogens is 624 g/mol. The molecule has 0 radical (unpaired) electrons. The van der Waals surface area contributed by atoms with Crippen LogP contribution in [0.3, 0.4) is 0 Å². The average molecular weight is 663 g/mol. The lowest BCUT2D eigenvalue weighted by Gasteiger charge is -2.32. The number of nitrogens with one attached hydrogen (secondary N) is 1. The number of rotatable bonds is 10. The predicted octanol–water partition coefficient (Wildman–Crippen LogP) is 5.37. The number of alkyl carbamates (subject to hydrolysis) is 1. The lowest BCUT2D eigenvalue weighted by molar-refractivity contribution is -0.158. The summed E-state index contributed by atoms with van der Waals surface area (Å²) in [4.78, 5) is 54.2. The van der Waals surface area contributed by atoms with E-state index in [0.29, 0.717) is 17.1 Å². The van der Waals surface area contributed by atoms with Crippen LogP contribution in [0.4, 0.5) is 4.79 Å². The number of hydrogen-bond acceptors (Lipinski definition) is 9. The highest BCUT2D eigenvalue weighted by Crippen LogP contribution is 2.46. The maximum Gasteiger partial charge on any atom is 0.407 e. The summed E-state index contributed by atoms with van der Waals surface area (Å²) in [6.07, 6.45) is -1.47. The van der Waals surface area contributed by atoms with Crippen molar-refractivity contribution in [2.24, 2.45) is 0 Å². The molecule has 2 N–H and O–H groups in total. The topological polar surface area (TPSA) is 141 Å². The van der Waals surface area contributed by atoms with Crippen LogP contribution in [0, 0.1) is 0 Å². The second kappa shape index (κ2) is 14.0. The minimum absolute atomic E-state index is 0.0177. The summed E-state index contributed by atoms with van der Waals surface area (Å²) >= 11 is 1.23. The number of fused-ring (bicyclic) bond motifs is 3. The lowest BCUT2D eigenvalue weighted by Crippen LogP contribution is -2.53. The van der Waals surface area contributed by atoms with Gasteiger partial charge in [-0.2, -0.15) is 0 Å². The molecule has 0 aromatic heterocycles. The fraction of sp³-hybridized carbons (Fsp3) is 0.371. The van der Waals surface area contributed by atoms with Crippen LogP contribution in [0.15, 0.2) is 66.7 Å². The normalized spacial score (nSPS) is 17.7. The maximum absolute atomic E-state index is 14.3. The van der Waals surface area contributed by atoms with Gasteiger partial charge in [0, 0.05) is 23.3 Å². The van der Waals surface area contributed by atoms with Crippen molar-refractivity contribution in [3.8, 4) is 22.6 Å². The second-order valence-electron chi connectivity index (χ2n) is 12.2. The number of carboxylic acid groups (broad SMARTS) is 1. The number of methoxy groups -OCH3 is 2. The molecule has 0 bridgehead atoms. The summed E-state index contributed by atoms with van der Waals surface area (Å²) in [6.45, 7) is 5.04. The molecule has 2 amide bonds. The van der Waals surface area contributed by atoms with E-state index in [0.717, 1.165) is 22.3 Å². The van der Waals surface area contributed by atoms with E-state index >= 15 is 0 Å². The van der Waals surface area contributed by atoms with Gasteiger partial charge in [-0.05, 0) is 55.2 Å². The number of esters is 1. The number of hydrogen-bond donors (Lipinski definition) is 2. The van der Waals surface area contributed by atoms with Crippen LogP contribution in [0.1, 0.15) is 55.2 Å². The Morgan fingerprint density at radius 1 is 0.936 bits per heavy atom. The van der Waals surface area contributed by atoms with Crippen LogP contribution >= 0.6 is 11.8 Å². The fourth-order valence-electron chi connectivity index (χ4n) is 5.94. The Balaban J connectivity index is 1.41. The zero-order valence-corrected chi connectivity index (χ0v) is 27.7. The smallest absolute Gasteiger partial charge is 0.407 e. The number of benzene rings is 3. The van der Waals surface area contributed by atoms with Gasteiger partial charge in [-0.3, -0.25) is 9.59 Å². The van der Waals surface area contributed by atoms with Crippen molar-refractivity contribution in [1.82, 2.24) is 10.2 Å². The van der Waals surface area contributed by atoms with Crippen LogP contribution in [-0.4, -0.2) is 78.2 Å². The van der Waals surface area contributed by atoms with Crippen molar-refractivity contribution in [1.29, 1.82) is 0 Å². The Morgan fingerprint density at radius 2 is 1.57 bits per heavy atom. The van der Waals surface area contributed by atoms with E-state index in [4.69, 9.17) is 18.9 Å². The zero-order chi connectivity index (χ0) is 33.9. The number of thioether (sulfide) groups is 1. The van der Waals surface area contributed by atoms with Crippen LogP contribution < -0.4 is 14.8 Å². The standard InChI is InChI=1S/C35H38N2O9S/c1-35(2,3)46-30(38)17-27(36-34(42)45-18-26-23-12-8-6-10-21(23)22-11-7-9-13-24(22)26)31(39)37-28(33(40)41)19-47-32(37)25-15-14-20(43-4)16-29(25)44-5/h6-16,26-28,32H,17-19H2,1-5H3,(H,36,42)(H,40,41)/t27-,28-,32?/m0/s1. The summed E-state index contributed by atoms with van der Waals surface area (Å²) < 4.78 is 22.0. The first-order chi connectivity index (χ1) is 22.4. The quantitative estimate of drug-likeness (QED) is 0.272. The molecule has 3 atom stereocenters. The van der Waals surface area contributed by atoms with Crippen molar-refractivity contribution in [3.05, 3.63) is 83.4 Å². The molecule has 1 heterocycles. The Hall–Kier alpha value is -4.71. The molecule has 47 heavy (non-hydrogen) atoms. The van der Waals surface area contributed by atoms with Gasteiger partial charge in [-0.25, -0.2) is 9.59 Å². The van der Waals surface area contributed by atoms with Gasteiger partial charge in [-0.1, -0.05) is 48.5 Å².